The summed E-state index contributed by atoms with van der Waals surface area (Å²) >= 11 is 3.56. The lowest BCUT2D eigenvalue weighted by atomic mass is 10.2. The van der Waals surface area contributed by atoms with Gasteiger partial charge in [0, 0.05) is 18.7 Å². The monoisotopic (exact) mass is 453 g/mol. The van der Waals surface area contributed by atoms with Crippen molar-refractivity contribution < 1.29 is 18.6 Å². The molecule has 0 fully saturated rings. The van der Waals surface area contributed by atoms with Crippen LogP contribution in [0.4, 0.5) is 4.39 Å². The second-order valence-corrected chi connectivity index (χ2v) is 7.52. The van der Waals surface area contributed by atoms with Gasteiger partial charge >= 0.3 is 0 Å². The molecule has 0 atom stereocenters. The van der Waals surface area contributed by atoms with Crippen molar-refractivity contribution in [1.82, 2.24) is 5.32 Å². The molecule has 0 aliphatic rings. The fourth-order valence-electron chi connectivity index (χ4n) is 2.64. The van der Waals surface area contributed by atoms with Gasteiger partial charge in [-0.25, -0.2) is 4.39 Å². The Labute approximate surface area is 175 Å². The molecule has 0 saturated heterocycles. The van der Waals surface area contributed by atoms with Crippen molar-refractivity contribution in [2.75, 3.05) is 19.8 Å². The van der Waals surface area contributed by atoms with E-state index in [4.69, 9.17) is 14.2 Å². The highest BCUT2D eigenvalue weighted by Crippen LogP contribution is 2.37. The van der Waals surface area contributed by atoms with Crippen molar-refractivity contribution in [2.45, 2.75) is 46.4 Å². The lowest BCUT2D eigenvalue weighted by Crippen LogP contribution is -2.17. The Morgan fingerprint density at radius 2 is 1.93 bits per heavy atom. The van der Waals surface area contributed by atoms with E-state index in [-0.39, 0.29) is 18.5 Å². The van der Waals surface area contributed by atoms with Crippen LogP contribution in [-0.2, 0) is 17.9 Å². The van der Waals surface area contributed by atoms with E-state index in [9.17, 15) is 4.39 Å². The summed E-state index contributed by atoms with van der Waals surface area (Å²) in [7, 11) is 0. The summed E-state index contributed by atoms with van der Waals surface area (Å²) in [5.74, 6) is 0.950. The van der Waals surface area contributed by atoms with Crippen molar-refractivity contribution in [3.05, 3.63) is 57.8 Å². The predicted octanol–water partition coefficient (Wildman–Crippen LogP) is 5.47. The summed E-state index contributed by atoms with van der Waals surface area (Å²) < 4.78 is 31.8. The molecule has 6 heteroatoms. The van der Waals surface area contributed by atoms with Crippen LogP contribution >= 0.6 is 15.9 Å². The SMILES string of the molecule is CCOc1cc(CNCCCOC(C)C)cc(Br)c1OCc1ccccc1F. The summed E-state index contributed by atoms with van der Waals surface area (Å²) in [6.07, 6.45) is 1.23. The largest absolute Gasteiger partial charge is 0.490 e. The van der Waals surface area contributed by atoms with Gasteiger partial charge in [0.2, 0.25) is 0 Å². The van der Waals surface area contributed by atoms with E-state index in [0.717, 1.165) is 29.6 Å². The van der Waals surface area contributed by atoms with Crippen molar-refractivity contribution in [2.24, 2.45) is 0 Å². The maximum absolute atomic E-state index is 13.8. The molecule has 0 aliphatic carbocycles. The molecule has 2 rings (SSSR count). The minimum absolute atomic E-state index is 0.138. The molecule has 0 amide bonds. The predicted molar refractivity (Wildman–Crippen MR) is 113 cm³/mol. The first kappa shape index (κ1) is 22.7. The van der Waals surface area contributed by atoms with Crippen molar-refractivity contribution in [3.63, 3.8) is 0 Å². The molecule has 0 radical (unpaired) electrons. The van der Waals surface area contributed by atoms with Gasteiger partial charge in [0.25, 0.3) is 0 Å². The Kier molecular flexibility index (Phi) is 9.75. The Hall–Kier alpha value is -1.63. The molecule has 1 N–H and O–H groups in total. The van der Waals surface area contributed by atoms with Gasteiger partial charge in [0.05, 0.1) is 17.2 Å². The molecule has 154 valence electrons. The van der Waals surface area contributed by atoms with Gasteiger partial charge in [-0.15, -0.1) is 0 Å². The Bertz CT molecular complexity index is 740. The maximum Gasteiger partial charge on any atom is 0.175 e. The molecule has 2 aromatic carbocycles. The van der Waals surface area contributed by atoms with Crippen LogP contribution in [0.3, 0.4) is 0 Å². The zero-order valence-electron chi connectivity index (χ0n) is 16.8. The summed E-state index contributed by atoms with van der Waals surface area (Å²) in [5, 5.41) is 3.41. The quantitative estimate of drug-likeness (QED) is 0.432. The first-order chi connectivity index (χ1) is 13.5. The summed E-state index contributed by atoms with van der Waals surface area (Å²) in [6.45, 7) is 9.00. The highest BCUT2D eigenvalue weighted by atomic mass is 79.9. The minimum atomic E-state index is -0.279. The number of benzene rings is 2. The molecule has 2 aromatic rings. The van der Waals surface area contributed by atoms with Crippen LogP contribution in [0.1, 0.15) is 38.3 Å². The first-order valence-corrected chi connectivity index (χ1v) is 10.4. The highest BCUT2D eigenvalue weighted by molar-refractivity contribution is 9.10. The summed E-state index contributed by atoms with van der Waals surface area (Å²) in [4.78, 5) is 0. The van der Waals surface area contributed by atoms with Crippen LogP contribution in [0.5, 0.6) is 11.5 Å². The van der Waals surface area contributed by atoms with Crippen molar-refractivity contribution in [3.8, 4) is 11.5 Å². The van der Waals surface area contributed by atoms with Crippen LogP contribution in [0.15, 0.2) is 40.9 Å². The second-order valence-electron chi connectivity index (χ2n) is 6.67. The van der Waals surface area contributed by atoms with E-state index in [1.165, 1.54) is 6.07 Å². The molecule has 0 spiro atoms. The highest BCUT2D eigenvalue weighted by Gasteiger charge is 2.13. The number of halogens is 2. The van der Waals surface area contributed by atoms with Crippen LogP contribution in [-0.4, -0.2) is 25.9 Å². The maximum atomic E-state index is 13.8. The Morgan fingerprint density at radius 1 is 1.14 bits per heavy atom. The van der Waals surface area contributed by atoms with Gasteiger partial charge in [-0.1, -0.05) is 18.2 Å². The molecule has 0 heterocycles. The van der Waals surface area contributed by atoms with E-state index in [0.29, 0.717) is 30.2 Å². The number of ether oxygens (including phenoxy) is 3. The van der Waals surface area contributed by atoms with Crippen LogP contribution in [0, 0.1) is 5.82 Å². The van der Waals surface area contributed by atoms with Gasteiger partial charge in [-0.05, 0) is 73.4 Å². The lowest BCUT2D eigenvalue weighted by molar-refractivity contribution is 0.0770. The minimum Gasteiger partial charge on any atom is -0.490 e. The van der Waals surface area contributed by atoms with Crippen LogP contribution in [0.25, 0.3) is 0 Å². The first-order valence-electron chi connectivity index (χ1n) is 9.65. The molecule has 28 heavy (non-hydrogen) atoms. The average Bonchev–Trinajstić information content (AvgIpc) is 2.65. The van der Waals surface area contributed by atoms with Crippen molar-refractivity contribution >= 4 is 15.9 Å². The third-order valence-corrected chi connectivity index (χ3v) is 4.57. The third-order valence-electron chi connectivity index (χ3n) is 3.98. The van der Waals surface area contributed by atoms with Crippen LogP contribution in [0.2, 0.25) is 0 Å². The molecule has 4 nitrogen and oxygen atoms in total. The number of hydrogen-bond acceptors (Lipinski definition) is 4. The van der Waals surface area contributed by atoms with Gasteiger partial charge in [-0.2, -0.15) is 0 Å². The molecule has 0 saturated carbocycles. The van der Waals surface area contributed by atoms with Gasteiger partial charge < -0.3 is 19.5 Å². The average molecular weight is 454 g/mol. The lowest BCUT2D eigenvalue weighted by Gasteiger charge is -2.16. The molecule has 0 aliphatic heterocycles. The number of hydrogen-bond donors (Lipinski definition) is 1. The second kappa shape index (κ2) is 12.0. The number of rotatable bonds is 12. The zero-order chi connectivity index (χ0) is 20.4. The van der Waals surface area contributed by atoms with E-state index < -0.39 is 0 Å². The molecule has 0 unspecified atom stereocenters. The zero-order valence-corrected chi connectivity index (χ0v) is 18.4. The smallest absolute Gasteiger partial charge is 0.175 e. The topological polar surface area (TPSA) is 39.7 Å². The Morgan fingerprint density at radius 3 is 2.64 bits per heavy atom. The Balaban J connectivity index is 1.97. The molecule has 0 aromatic heterocycles. The van der Waals surface area contributed by atoms with Gasteiger partial charge in [0.1, 0.15) is 12.4 Å². The number of nitrogens with one attached hydrogen (secondary N) is 1. The normalized spacial score (nSPS) is 11.1. The fraction of sp³-hybridized carbons (Fsp3) is 0.455. The standard InChI is InChI=1S/C22H29BrFNO3/c1-4-26-21-13-17(14-25-10-7-11-27-16(2)3)12-19(23)22(21)28-15-18-8-5-6-9-20(18)24/h5-6,8-9,12-13,16,25H,4,7,10-11,14-15H2,1-3H3. The fourth-order valence-corrected chi connectivity index (χ4v) is 3.24. The van der Waals surface area contributed by atoms with Crippen LogP contribution < -0.4 is 14.8 Å². The third kappa shape index (κ3) is 7.41. The molecule has 0 bridgehead atoms. The van der Waals surface area contributed by atoms with E-state index in [1.807, 2.05) is 32.9 Å². The molecular weight excluding hydrogens is 425 g/mol. The van der Waals surface area contributed by atoms with E-state index >= 15 is 0 Å². The summed E-state index contributed by atoms with van der Waals surface area (Å²) in [5.41, 5.74) is 1.59. The van der Waals surface area contributed by atoms with E-state index in [1.54, 1.807) is 18.2 Å². The van der Waals surface area contributed by atoms with Gasteiger partial charge in [0.15, 0.2) is 11.5 Å². The van der Waals surface area contributed by atoms with Crippen molar-refractivity contribution in [1.29, 1.82) is 0 Å². The van der Waals surface area contributed by atoms with Gasteiger partial charge in [-0.3, -0.25) is 0 Å². The molecular formula is C22H29BrFNO3. The van der Waals surface area contributed by atoms with E-state index in [2.05, 4.69) is 21.2 Å². The summed E-state index contributed by atoms with van der Waals surface area (Å²) in [6, 6.07) is 10.6.